The Labute approximate surface area is 148 Å². The van der Waals surface area contributed by atoms with Crippen LogP contribution in [-0.2, 0) is 23.8 Å². The van der Waals surface area contributed by atoms with Crippen molar-refractivity contribution in [3.05, 3.63) is 0 Å². The van der Waals surface area contributed by atoms with Crippen LogP contribution < -0.4 is 5.32 Å². The lowest BCUT2D eigenvalue weighted by molar-refractivity contribution is -0.149. The van der Waals surface area contributed by atoms with Gasteiger partial charge in [0.05, 0.1) is 6.61 Å². The molecule has 0 aliphatic heterocycles. The first-order chi connectivity index (χ1) is 11.1. The molecule has 0 aromatic heterocycles. The van der Waals surface area contributed by atoms with Gasteiger partial charge in [-0.15, -0.1) is 0 Å². The fraction of sp³-hybridized carbons (Fsp3) is 0.688. The molecule has 1 amide bonds. The molecule has 0 unspecified atom stereocenters. The van der Waals surface area contributed by atoms with Gasteiger partial charge >= 0.3 is 18.0 Å². The van der Waals surface area contributed by atoms with Crippen molar-refractivity contribution in [2.75, 3.05) is 12.4 Å². The highest BCUT2D eigenvalue weighted by Gasteiger charge is 2.25. The maximum absolute atomic E-state index is 12.0. The second-order valence-corrected chi connectivity index (χ2v) is 6.22. The van der Waals surface area contributed by atoms with Crippen LogP contribution >= 0.6 is 12.6 Å². The SMILES string of the molecule is CCOC(=O)C#CC[C@H](C)OC(=O)[C@H](CS)NC(=O)OC(C)(C)C. The van der Waals surface area contributed by atoms with Crippen molar-refractivity contribution in [3.8, 4) is 11.8 Å². The van der Waals surface area contributed by atoms with Crippen LogP contribution in [0.4, 0.5) is 4.79 Å². The van der Waals surface area contributed by atoms with Crippen LogP contribution in [0.2, 0.25) is 0 Å². The predicted molar refractivity (Wildman–Crippen MR) is 91.6 cm³/mol. The highest BCUT2D eigenvalue weighted by atomic mass is 32.1. The fourth-order valence-corrected chi connectivity index (χ4v) is 1.63. The van der Waals surface area contributed by atoms with Gasteiger partial charge < -0.3 is 19.5 Å². The largest absolute Gasteiger partial charge is 0.460 e. The summed E-state index contributed by atoms with van der Waals surface area (Å²) in [4.78, 5) is 34.7. The number of carbonyl (C=O) groups is 3. The van der Waals surface area contributed by atoms with E-state index in [-0.39, 0.29) is 18.8 Å². The van der Waals surface area contributed by atoms with Crippen molar-refractivity contribution in [3.63, 3.8) is 0 Å². The topological polar surface area (TPSA) is 90.9 Å². The summed E-state index contributed by atoms with van der Waals surface area (Å²) in [5, 5.41) is 2.40. The van der Waals surface area contributed by atoms with Crippen LogP contribution in [0.1, 0.15) is 41.0 Å². The molecule has 0 aliphatic carbocycles. The van der Waals surface area contributed by atoms with E-state index in [1.54, 1.807) is 34.6 Å². The zero-order chi connectivity index (χ0) is 18.8. The van der Waals surface area contributed by atoms with Crippen molar-refractivity contribution >= 4 is 30.7 Å². The Bertz CT molecular complexity index is 503. The van der Waals surface area contributed by atoms with E-state index < -0.39 is 35.8 Å². The zero-order valence-corrected chi connectivity index (χ0v) is 15.6. The van der Waals surface area contributed by atoms with Crippen molar-refractivity contribution in [1.29, 1.82) is 0 Å². The Morgan fingerprint density at radius 1 is 1.25 bits per heavy atom. The van der Waals surface area contributed by atoms with Gasteiger partial charge in [-0.25, -0.2) is 14.4 Å². The summed E-state index contributed by atoms with van der Waals surface area (Å²) >= 11 is 4.02. The average Bonchev–Trinajstić information content (AvgIpc) is 2.42. The lowest BCUT2D eigenvalue weighted by atomic mass is 10.2. The molecule has 0 bridgehead atoms. The standard InChI is InChI=1S/C16H25NO6S/c1-6-21-13(18)9-7-8-11(2)22-14(19)12(10-24)17-15(20)23-16(3,4)5/h11-12,24H,6,8,10H2,1-5H3,(H,17,20)/t11-,12-/m0/s1. The van der Waals surface area contributed by atoms with Gasteiger partial charge in [-0.1, -0.05) is 5.92 Å². The summed E-state index contributed by atoms with van der Waals surface area (Å²) in [5.74, 6) is 3.63. The van der Waals surface area contributed by atoms with Crippen molar-refractivity contribution in [2.45, 2.75) is 58.8 Å². The molecule has 1 N–H and O–H groups in total. The minimum absolute atomic E-state index is 0.0549. The summed E-state index contributed by atoms with van der Waals surface area (Å²) in [5.41, 5.74) is -0.675. The first kappa shape index (κ1) is 22.1. The van der Waals surface area contributed by atoms with Gasteiger partial charge in [-0.3, -0.25) is 0 Å². The van der Waals surface area contributed by atoms with E-state index in [4.69, 9.17) is 9.47 Å². The molecule has 0 heterocycles. The Kier molecular flexibility index (Phi) is 9.97. The van der Waals surface area contributed by atoms with Crippen LogP contribution in [0, 0.1) is 11.8 Å². The molecule has 0 saturated heterocycles. The molecule has 0 saturated carbocycles. The summed E-state index contributed by atoms with van der Waals surface area (Å²) in [6, 6.07) is -0.941. The molecular weight excluding hydrogens is 334 g/mol. The highest BCUT2D eigenvalue weighted by Crippen LogP contribution is 2.08. The third kappa shape index (κ3) is 10.8. The second kappa shape index (κ2) is 10.8. The van der Waals surface area contributed by atoms with Gasteiger partial charge in [0.15, 0.2) is 0 Å². The number of nitrogens with one attached hydrogen (secondary N) is 1. The Balaban J connectivity index is 4.44. The third-order valence-electron chi connectivity index (χ3n) is 2.33. The fourth-order valence-electron chi connectivity index (χ4n) is 1.39. The molecule has 136 valence electrons. The van der Waals surface area contributed by atoms with E-state index >= 15 is 0 Å². The number of rotatable bonds is 6. The Morgan fingerprint density at radius 3 is 2.38 bits per heavy atom. The number of carbonyl (C=O) groups excluding carboxylic acids is 3. The molecule has 8 heteroatoms. The van der Waals surface area contributed by atoms with Crippen LogP contribution in [-0.4, -0.2) is 48.1 Å². The van der Waals surface area contributed by atoms with E-state index in [9.17, 15) is 14.4 Å². The maximum Gasteiger partial charge on any atom is 0.408 e. The molecular formula is C16H25NO6S. The van der Waals surface area contributed by atoms with Crippen molar-refractivity contribution in [1.82, 2.24) is 5.32 Å². The van der Waals surface area contributed by atoms with E-state index in [0.717, 1.165) is 0 Å². The molecule has 7 nitrogen and oxygen atoms in total. The lowest BCUT2D eigenvalue weighted by Crippen LogP contribution is -2.46. The molecule has 0 aromatic rings. The normalized spacial score (nSPS) is 12.9. The molecule has 0 aromatic carbocycles. The van der Waals surface area contributed by atoms with Crippen molar-refractivity contribution in [2.24, 2.45) is 0 Å². The smallest absolute Gasteiger partial charge is 0.408 e. The minimum atomic E-state index is -0.941. The molecule has 0 rings (SSSR count). The Morgan fingerprint density at radius 2 is 1.88 bits per heavy atom. The average molecular weight is 359 g/mol. The molecule has 0 radical (unpaired) electrons. The van der Waals surface area contributed by atoms with E-state index in [2.05, 4.69) is 34.5 Å². The third-order valence-corrected chi connectivity index (χ3v) is 2.70. The van der Waals surface area contributed by atoms with Gasteiger partial charge in [-0.05, 0) is 34.6 Å². The van der Waals surface area contributed by atoms with E-state index in [1.165, 1.54) is 0 Å². The van der Waals surface area contributed by atoms with Crippen LogP contribution in [0.5, 0.6) is 0 Å². The number of amides is 1. The van der Waals surface area contributed by atoms with E-state index in [1.807, 2.05) is 0 Å². The summed E-state index contributed by atoms with van der Waals surface area (Å²) in [6.07, 6.45) is -1.12. The number of thiol groups is 1. The summed E-state index contributed by atoms with van der Waals surface area (Å²) in [7, 11) is 0. The first-order valence-corrected chi connectivity index (χ1v) is 8.18. The number of esters is 2. The van der Waals surface area contributed by atoms with E-state index in [0.29, 0.717) is 0 Å². The summed E-state index contributed by atoms with van der Waals surface area (Å²) in [6.45, 7) is 8.69. The highest BCUT2D eigenvalue weighted by molar-refractivity contribution is 7.80. The molecule has 24 heavy (non-hydrogen) atoms. The lowest BCUT2D eigenvalue weighted by Gasteiger charge is -2.23. The molecule has 0 spiro atoms. The van der Waals surface area contributed by atoms with Gasteiger partial charge in [0, 0.05) is 18.1 Å². The number of ether oxygens (including phenoxy) is 3. The quantitative estimate of drug-likeness (QED) is 0.247. The monoisotopic (exact) mass is 359 g/mol. The minimum Gasteiger partial charge on any atom is -0.460 e. The molecule has 0 aliphatic rings. The predicted octanol–water partition coefficient (Wildman–Crippen LogP) is 1.70. The maximum atomic E-state index is 12.0. The van der Waals surface area contributed by atoms with Gasteiger partial charge in [0.25, 0.3) is 0 Å². The second-order valence-electron chi connectivity index (χ2n) is 5.86. The molecule has 2 atom stereocenters. The molecule has 0 fully saturated rings. The van der Waals surface area contributed by atoms with Crippen molar-refractivity contribution < 1.29 is 28.6 Å². The summed E-state index contributed by atoms with van der Waals surface area (Å²) < 4.78 is 14.9. The number of hydrogen-bond acceptors (Lipinski definition) is 7. The number of alkyl carbamates (subject to hydrolysis) is 1. The van der Waals surface area contributed by atoms with Crippen LogP contribution in [0.15, 0.2) is 0 Å². The zero-order valence-electron chi connectivity index (χ0n) is 14.7. The Hall–Kier alpha value is -1.88. The van der Waals surface area contributed by atoms with Gasteiger partial charge in [0.1, 0.15) is 17.7 Å². The van der Waals surface area contributed by atoms with Crippen LogP contribution in [0.25, 0.3) is 0 Å². The van der Waals surface area contributed by atoms with Gasteiger partial charge in [-0.2, -0.15) is 12.6 Å². The number of hydrogen-bond donors (Lipinski definition) is 2. The first-order valence-electron chi connectivity index (χ1n) is 7.55. The van der Waals surface area contributed by atoms with Crippen LogP contribution in [0.3, 0.4) is 0 Å². The van der Waals surface area contributed by atoms with Gasteiger partial charge in [0.2, 0.25) is 0 Å².